The highest BCUT2D eigenvalue weighted by atomic mass is 79.9. The van der Waals surface area contributed by atoms with Gasteiger partial charge in [-0.1, -0.05) is 12.1 Å². The number of halogens is 4. The van der Waals surface area contributed by atoms with Crippen molar-refractivity contribution in [1.82, 2.24) is 0 Å². The molecule has 0 spiro atoms. The summed E-state index contributed by atoms with van der Waals surface area (Å²) in [6, 6.07) is 8.53. The van der Waals surface area contributed by atoms with Crippen LogP contribution in [0.5, 0.6) is 0 Å². The molecule has 0 aliphatic carbocycles. The van der Waals surface area contributed by atoms with Crippen LogP contribution in [0.15, 0.2) is 37.9 Å². The van der Waals surface area contributed by atoms with Crippen molar-refractivity contribution in [1.29, 1.82) is 0 Å². The first-order chi connectivity index (χ1) is 8.06. The summed E-state index contributed by atoms with van der Waals surface area (Å²) in [6.07, 6.45) is 0.612. The fourth-order valence-corrected chi connectivity index (χ4v) is 5.07. The highest BCUT2D eigenvalue weighted by Gasteiger charge is 2.15. The van der Waals surface area contributed by atoms with E-state index in [2.05, 4.69) is 31.9 Å². The molecule has 1 heterocycles. The Labute approximate surface area is 125 Å². The molecule has 0 amide bonds. The van der Waals surface area contributed by atoms with Gasteiger partial charge in [0.15, 0.2) is 0 Å². The van der Waals surface area contributed by atoms with Crippen molar-refractivity contribution in [2.45, 2.75) is 11.8 Å². The standard InChI is InChI=1S/C12H8Br2ClFS/c13-11-6-9(12(14)17-11)10(15)5-7-2-1-3-8(16)4-7/h1-4,6,10H,5H2. The third-order valence-corrected chi connectivity index (χ3v) is 5.10. The van der Waals surface area contributed by atoms with E-state index in [9.17, 15) is 4.39 Å². The van der Waals surface area contributed by atoms with Crippen molar-refractivity contribution >= 4 is 54.8 Å². The second-order valence-electron chi connectivity index (χ2n) is 3.58. The maximum absolute atomic E-state index is 13.0. The molecule has 0 aliphatic heterocycles. The number of rotatable bonds is 3. The number of hydrogen-bond donors (Lipinski definition) is 0. The Kier molecular flexibility index (Phi) is 4.64. The summed E-state index contributed by atoms with van der Waals surface area (Å²) >= 11 is 14.8. The van der Waals surface area contributed by atoms with Gasteiger partial charge in [0.25, 0.3) is 0 Å². The monoisotopic (exact) mass is 396 g/mol. The van der Waals surface area contributed by atoms with Gasteiger partial charge in [-0.25, -0.2) is 4.39 Å². The van der Waals surface area contributed by atoms with E-state index in [-0.39, 0.29) is 11.2 Å². The molecule has 1 aromatic heterocycles. The molecule has 0 fully saturated rings. The van der Waals surface area contributed by atoms with Crippen molar-refractivity contribution in [3.05, 3.63) is 54.8 Å². The van der Waals surface area contributed by atoms with Crippen LogP contribution in [0.25, 0.3) is 0 Å². The summed E-state index contributed by atoms with van der Waals surface area (Å²) in [5.74, 6) is -0.225. The predicted molar refractivity (Wildman–Crippen MR) is 78.4 cm³/mol. The molecule has 2 rings (SSSR count). The number of thiophene rings is 1. The van der Waals surface area contributed by atoms with Gasteiger partial charge in [-0.3, -0.25) is 0 Å². The van der Waals surface area contributed by atoms with Gasteiger partial charge in [-0.15, -0.1) is 22.9 Å². The largest absolute Gasteiger partial charge is 0.207 e. The Balaban J connectivity index is 2.16. The molecule has 0 nitrogen and oxygen atoms in total. The van der Waals surface area contributed by atoms with Crippen LogP contribution in [0.2, 0.25) is 0 Å². The van der Waals surface area contributed by atoms with Crippen LogP contribution in [0.3, 0.4) is 0 Å². The Hall–Kier alpha value is 0.1000. The average molecular weight is 399 g/mol. The molecule has 0 N–H and O–H groups in total. The normalized spacial score (nSPS) is 12.7. The zero-order chi connectivity index (χ0) is 12.4. The van der Waals surface area contributed by atoms with Gasteiger partial charge in [0.2, 0.25) is 0 Å². The van der Waals surface area contributed by atoms with Crippen molar-refractivity contribution in [2.24, 2.45) is 0 Å². The van der Waals surface area contributed by atoms with E-state index in [1.54, 1.807) is 17.4 Å². The SMILES string of the molecule is Fc1cccc(CC(Cl)c2cc(Br)sc2Br)c1. The zero-order valence-corrected chi connectivity index (χ0v) is 13.3. The minimum atomic E-state index is -0.225. The van der Waals surface area contributed by atoms with Gasteiger partial charge < -0.3 is 0 Å². The van der Waals surface area contributed by atoms with E-state index in [0.717, 1.165) is 18.7 Å². The molecule has 0 radical (unpaired) electrons. The summed E-state index contributed by atoms with van der Waals surface area (Å²) in [7, 11) is 0. The predicted octanol–water partition coefficient (Wildman–Crippen LogP) is 5.93. The Morgan fingerprint density at radius 2 is 2.06 bits per heavy atom. The molecule has 1 atom stereocenters. The van der Waals surface area contributed by atoms with Crippen molar-refractivity contribution in [2.75, 3.05) is 0 Å². The maximum Gasteiger partial charge on any atom is 0.123 e. The second kappa shape index (κ2) is 5.83. The molecule has 0 aliphatic rings. The maximum atomic E-state index is 13.0. The first-order valence-electron chi connectivity index (χ1n) is 4.89. The van der Waals surface area contributed by atoms with Crippen LogP contribution < -0.4 is 0 Å². The van der Waals surface area contributed by atoms with E-state index in [1.807, 2.05) is 12.1 Å². The lowest BCUT2D eigenvalue weighted by Gasteiger charge is -2.08. The van der Waals surface area contributed by atoms with E-state index >= 15 is 0 Å². The molecule has 1 aromatic carbocycles. The third-order valence-electron chi connectivity index (χ3n) is 2.32. The highest BCUT2D eigenvalue weighted by molar-refractivity contribution is 9.12. The fourth-order valence-electron chi connectivity index (χ4n) is 1.55. The number of alkyl halides is 1. The van der Waals surface area contributed by atoms with Gasteiger partial charge in [0, 0.05) is 0 Å². The lowest BCUT2D eigenvalue weighted by molar-refractivity contribution is 0.625. The smallest absolute Gasteiger partial charge is 0.123 e. The minimum absolute atomic E-state index is 0.159. The van der Waals surface area contributed by atoms with Gasteiger partial charge in [-0.2, -0.15) is 0 Å². The average Bonchev–Trinajstić information content (AvgIpc) is 2.58. The molecule has 1 unspecified atom stereocenters. The number of hydrogen-bond acceptors (Lipinski definition) is 1. The summed E-state index contributed by atoms with van der Waals surface area (Å²) in [5.41, 5.74) is 1.94. The molecule has 2 aromatic rings. The van der Waals surface area contributed by atoms with E-state index in [1.165, 1.54) is 12.1 Å². The van der Waals surface area contributed by atoms with E-state index in [4.69, 9.17) is 11.6 Å². The van der Waals surface area contributed by atoms with Gasteiger partial charge in [-0.05, 0) is 67.6 Å². The molecule has 17 heavy (non-hydrogen) atoms. The quantitative estimate of drug-likeness (QED) is 0.562. The Bertz CT molecular complexity index is 527. The molecular formula is C12H8Br2ClFS. The summed E-state index contributed by atoms with van der Waals surface area (Å²) in [4.78, 5) is 0. The van der Waals surface area contributed by atoms with Crippen LogP contribution in [-0.4, -0.2) is 0 Å². The minimum Gasteiger partial charge on any atom is -0.207 e. The molecule has 0 saturated heterocycles. The molecule has 5 heteroatoms. The summed E-state index contributed by atoms with van der Waals surface area (Å²) in [6.45, 7) is 0. The lowest BCUT2D eigenvalue weighted by atomic mass is 10.1. The molecule has 0 bridgehead atoms. The zero-order valence-electron chi connectivity index (χ0n) is 8.59. The first-order valence-corrected chi connectivity index (χ1v) is 7.73. The van der Waals surface area contributed by atoms with Crippen molar-refractivity contribution in [3.63, 3.8) is 0 Å². The third kappa shape index (κ3) is 3.53. The van der Waals surface area contributed by atoms with Gasteiger partial charge >= 0.3 is 0 Å². The highest BCUT2D eigenvalue weighted by Crippen LogP contribution is 2.39. The van der Waals surface area contributed by atoms with Crippen LogP contribution >= 0.6 is 54.8 Å². The van der Waals surface area contributed by atoms with Crippen molar-refractivity contribution < 1.29 is 4.39 Å². The second-order valence-corrected chi connectivity index (χ2v) is 7.86. The van der Waals surface area contributed by atoms with Crippen molar-refractivity contribution in [3.8, 4) is 0 Å². The lowest BCUT2D eigenvalue weighted by Crippen LogP contribution is -1.95. The summed E-state index contributed by atoms with van der Waals surface area (Å²) in [5, 5.41) is -0.159. The molecule has 0 saturated carbocycles. The van der Waals surface area contributed by atoms with Gasteiger partial charge in [0.1, 0.15) is 5.82 Å². The van der Waals surface area contributed by atoms with E-state index < -0.39 is 0 Å². The van der Waals surface area contributed by atoms with Crippen LogP contribution in [0.4, 0.5) is 4.39 Å². The molecule has 90 valence electrons. The Morgan fingerprint density at radius 3 is 2.65 bits per heavy atom. The summed E-state index contributed by atoms with van der Waals surface area (Å²) < 4.78 is 15.1. The topological polar surface area (TPSA) is 0 Å². The van der Waals surface area contributed by atoms with Crippen LogP contribution in [-0.2, 0) is 6.42 Å². The first kappa shape index (κ1) is 13.5. The number of benzene rings is 1. The fraction of sp³-hybridized carbons (Fsp3) is 0.167. The van der Waals surface area contributed by atoms with Crippen LogP contribution in [0.1, 0.15) is 16.5 Å². The molecular weight excluding hydrogens is 390 g/mol. The Morgan fingerprint density at radius 1 is 1.29 bits per heavy atom. The van der Waals surface area contributed by atoms with Gasteiger partial charge in [0.05, 0.1) is 12.9 Å². The van der Waals surface area contributed by atoms with E-state index in [0.29, 0.717) is 6.42 Å². The van der Waals surface area contributed by atoms with Crippen LogP contribution in [0, 0.1) is 5.82 Å².